The van der Waals surface area contributed by atoms with Crippen molar-refractivity contribution in [3.05, 3.63) is 70.9 Å². The Bertz CT molecular complexity index is 841. The average Bonchev–Trinajstić information content (AvgIpc) is 3.05. The average molecular weight is 355 g/mol. The van der Waals surface area contributed by atoms with E-state index in [9.17, 15) is 4.79 Å². The number of rotatable bonds is 7. The first kappa shape index (κ1) is 17.6. The van der Waals surface area contributed by atoms with Gasteiger partial charge in [0.1, 0.15) is 5.69 Å². The summed E-state index contributed by atoms with van der Waals surface area (Å²) in [6.07, 6.45) is 4.37. The van der Waals surface area contributed by atoms with Crippen LogP contribution in [0.4, 0.5) is 0 Å². The first-order valence-corrected chi connectivity index (χ1v) is 9.19. The normalized spacial score (nSPS) is 12.2. The highest BCUT2D eigenvalue weighted by Crippen LogP contribution is 2.23. The summed E-state index contributed by atoms with van der Waals surface area (Å²) in [4.78, 5) is 15.9. The Morgan fingerprint density at radius 3 is 2.68 bits per heavy atom. The lowest BCUT2D eigenvalue weighted by molar-refractivity contribution is 0.0930. The lowest BCUT2D eigenvalue weighted by Crippen LogP contribution is -2.28. The second-order valence-corrected chi connectivity index (χ2v) is 6.78. The van der Waals surface area contributed by atoms with Gasteiger partial charge in [0.15, 0.2) is 0 Å². The van der Waals surface area contributed by atoms with E-state index in [-0.39, 0.29) is 11.9 Å². The quantitative estimate of drug-likeness (QED) is 0.512. The largest absolute Gasteiger partial charge is 0.351 e. The molecule has 3 aromatic rings. The number of hydrogen-bond acceptors (Lipinski definition) is 1. The second kappa shape index (κ2) is 8.21. The van der Waals surface area contributed by atoms with E-state index < -0.39 is 0 Å². The lowest BCUT2D eigenvalue weighted by atomic mass is 10.0. The molecule has 0 radical (unpaired) electrons. The molecule has 0 fully saturated rings. The van der Waals surface area contributed by atoms with Crippen molar-refractivity contribution in [1.29, 1.82) is 0 Å². The number of carbonyl (C=O) groups excluding carboxylic acids is 1. The van der Waals surface area contributed by atoms with Crippen LogP contribution >= 0.6 is 11.6 Å². The minimum absolute atomic E-state index is 0.0234. The van der Waals surface area contributed by atoms with Gasteiger partial charge in [0.2, 0.25) is 0 Å². The third kappa shape index (κ3) is 4.43. The number of halogens is 1. The molecular formula is C21H23ClN2O. The predicted molar refractivity (Wildman–Crippen MR) is 104 cm³/mol. The van der Waals surface area contributed by atoms with Crippen LogP contribution in [0.5, 0.6) is 0 Å². The molecule has 3 nitrogen and oxygen atoms in total. The molecule has 130 valence electrons. The van der Waals surface area contributed by atoms with Gasteiger partial charge in [-0.2, -0.15) is 0 Å². The molecule has 4 heteroatoms. The van der Waals surface area contributed by atoms with E-state index in [1.54, 1.807) is 0 Å². The van der Waals surface area contributed by atoms with E-state index in [4.69, 9.17) is 11.6 Å². The summed E-state index contributed by atoms with van der Waals surface area (Å²) >= 11 is 6.03. The maximum Gasteiger partial charge on any atom is 0.268 e. The van der Waals surface area contributed by atoms with E-state index in [0.29, 0.717) is 10.7 Å². The zero-order chi connectivity index (χ0) is 17.6. The van der Waals surface area contributed by atoms with Crippen molar-refractivity contribution in [2.75, 3.05) is 0 Å². The Balaban J connectivity index is 1.78. The van der Waals surface area contributed by atoms with Crippen LogP contribution in [0.15, 0.2) is 54.6 Å². The van der Waals surface area contributed by atoms with Gasteiger partial charge in [0, 0.05) is 15.9 Å². The van der Waals surface area contributed by atoms with Gasteiger partial charge in [-0.15, -0.1) is 0 Å². The van der Waals surface area contributed by atoms with Crippen LogP contribution in [0, 0.1) is 0 Å². The third-order valence-electron chi connectivity index (χ3n) is 4.43. The molecule has 1 aromatic heterocycles. The van der Waals surface area contributed by atoms with E-state index in [1.807, 2.05) is 42.5 Å². The first-order chi connectivity index (χ1) is 12.2. The third-order valence-corrected chi connectivity index (χ3v) is 4.67. The smallest absolute Gasteiger partial charge is 0.268 e. The second-order valence-electron chi connectivity index (χ2n) is 6.35. The van der Waals surface area contributed by atoms with Crippen LogP contribution in [0.3, 0.4) is 0 Å². The van der Waals surface area contributed by atoms with Gasteiger partial charge < -0.3 is 10.3 Å². The van der Waals surface area contributed by atoms with Crippen molar-refractivity contribution < 1.29 is 4.79 Å². The van der Waals surface area contributed by atoms with Crippen molar-refractivity contribution >= 4 is 28.4 Å². The summed E-state index contributed by atoms with van der Waals surface area (Å²) in [5, 5.41) is 4.79. The summed E-state index contributed by atoms with van der Waals surface area (Å²) in [7, 11) is 0. The Labute approximate surface area is 153 Å². The van der Waals surface area contributed by atoms with Crippen LogP contribution < -0.4 is 5.32 Å². The molecule has 0 spiro atoms. The van der Waals surface area contributed by atoms with E-state index in [1.165, 1.54) is 6.42 Å². The molecular weight excluding hydrogens is 332 g/mol. The summed E-state index contributed by atoms with van der Waals surface area (Å²) in [5.74, 6) is -0.0855. The van der Waals surface area contributed by atoms with Crippen molar-refractivity contribution in [1.82, 2.24) is 10.3 Å². The minimum Gasteiger partial charge on any atom is -0.351 e. The Hall–Kier alpha value is -2.26. The monoisotopic (exact) mass is 354 g/mol. The van der Waals surface area contributed by atoms with Crippen LogP contribution in [0.25, 0.3) is 10.9 Å². The van der Waals surface area contributed by atoms with Crippen molar-refractivity contribution in [2.24, 2.45) is 0 Å². The number of H-pyrrole nitrogens is 1. The molecule has 25 heavy (non-hydrogen) atoms. The molecule has 2 aromatic carbocycles. The number of aromatic amines is 1. The maximum atomic E-state index is 12.7. The molecule has 1 heterocycles. The van der Waals surface area contributed by atoms with Crippen LogP contribution in [-0.4, -0.2) is 10.9 Å². The molecule has 0 aliphatic rings. The fourth-order valence-corrected chi connectivity index (χ4v) is 3.25. The molecule has 2 N–H and O–H groups in total. The van der Waals surface area contributed by atoms with E-state index >= 15 is 0 Å². The number of benzene rings is 2. The van der Waals surface area contributed by atoms with Gasteiger partial charge in [-0.05, 0) is 36.2 Å². The van der Waals surface area contributed by atoms with Gasteiger partial charge >= 0.3 is 0 Å². The molecule has 1 unspecified atom stereocenters. The minimum atomic E-state index is -0.0855. The van der Waals surface area contributed by atoms with Crippen LogP contribution in [0.2, 0.25) is 5.02 Å². The molecule has 0 aliphatic heterocycles. The standard InChI is InChI=1S/C21H23ClN2O/c1-2-3-5-10-18(15-8-6-4-7-9-15)24-21(25)20-14-16-13-17(22)11-12-19(16)23-20/h4,6-9,11-14,18,23H,2-3,5,10H2,1H3,(H,24,25). The van der Waals surface area contributed by atoms with Gasteiger partial charge in [0.25, 0.3) is 5.91 Å². The zero-order valence-electron chi connectivity index (χ0n) is 14.4. The van der Waals surface area contributed by atoms with Crippen LogP contribution in [-0.2, 0) is 0 Å². The molecule has 1 amide bonds. The Morgan fingerprint density at radius 1 is 1.12 bits per heavy atom. The number of unbranched alkanes of at least 4 members (excludes halogenated alkanes) is 2. The highest BCUT2D eigenvalue weighted by molar-refractivity contribution is 6.31. The highest BCUT2D eigenvalue weighted by atomic mass is 35.5. The summed E-state index contributed by atoms with van der Waals surface area (Å²) in [5.41, 5.74) is 2.62. The summed E-state index contributed by atoms with van der Waals surface area (Å²) < 4.78 is 0. The number of carbonyl (C=O) groups is 1. The first-order valence-electron chi connectivity index (χ1n) is 8.81. The SMILES string of the molecule is CCCCCC(NC(=O)c1cc2cc(Cl)ccc2[nH]1)c1ccccc1. The van der Waals surface area contributed by atoms with Gasteiger partial charge in [0.05, 0.1) is 6.04 Å². The topological polar surface area (TPSA) is 44.9 Å². The van der Waals surface area contributed by atoms with Crippen LogP contribution in [0.1, 0.15) is 54.7 Å². The number of nitrogens with one attached hydrogen (secondary N) is 2. The maximum absolute atomic E-state index is 12.7. The lowest BCUT2D eigenvalue weighted by Gasteiger charge is -2.19. The Kier molecular flexibility index (Phi) is 5.77. The van der Waals surface area contributed by atoms with Gasteiger partial charge in [-0.3, -0.25) is 4.79 Å². The molecule has 3 rings (SSSR count). The number of hydrogen-bond donors (Lipinski definition) is 2. The predicted octanol–water partition coefficient (Wildman–Crippen LogP) is 5.87. The van der Waals surface area contributed by atoms with Gasteiger partial charge in [-0.1, -0.05) is 68.1 Å². The zero-order valence-corrected chi connectivity index (χ0v) is 15.1. The fraction of sp³-hybridized carbons (Fsp3) is 0.286. The molecule has 0 bridgehead atoms. The number of fused-ring (bicyclic) bond motifs is 1. The van der Waals surface area contributed by atoms with Crippen molar-refractivity contribution in [2.45, 2.75) is 38.6 Å². The Morgan fingerprint density at radius 2 is 1.92 bits per heavy atom. The fourth-order valence-electron chi connectivity index (χ4n) is 3.07. The van der Waals surface area contributed by atoms with E-state index in [0.717, 1.165) is 35.7 Å². The summed E-state index contributed by atoms with van der Waals surface area (Å²) in [6.45, 7) is 2.19. The molecule has 0 aliphatic carbocycles. The molecule has 1 atom stereocenters. The van der Waals surface area contributed by atoms with Crippen molar-refractivity contribution in [3.63, 3.8) is 0 Å². The number of amides is 1. The molecule has 0 saturated heterocycles. The van der Waals surface area contributed by atoms with E-state index in [2.05, 4.69) is 29.4 Å². The van der Waals surface area contributed by atoms with Crippen molar-refractivity contribution in [3.8, 4) is 0 Å². The highest BCUT2D eigenvalue weighted by Gasteiger charge is 2.17. The van der Waals surface area contributed by atoms with Gasteiger partial charge in [-0.25, -0.2) is 0 Å². The summed E-state index contributed by atoms with van der Waals surface area (Å²) in [6, 6.07) is 17.6. The molecule has 0 saturated carbocycles. The number of aromatic nitrogens is 1.